The first-order valence-corrected chi connectivity index (χ1v) is 14.1. The SMILES string of the molecule is [C-]#[N+]C(C(=O)OCCC(C)OC)=C1Sc2c(O)c3c(c(O)c2S1)C1c2ccccc2C12c1ccccc1C32. The first-order valence-electron chi connectivity index (χ1n) is 12.4. The van der Waals surface area contributed by atoms with Crippen molar-refractivity contribution in [3.63, 3.8) is 0 Å². The number of rotatable bonds is 5. The molecule has 0 fully saturated rings. The van der Waals surface area contributed by atoms with Crippen LogP contribution in [0.5, 0.6) is 11.5 Å². The number of aromatic hydroxyl groups is 2. The molecule has 4 aliphatic rings. The lowest BCUT2D eigenvalue weighted by molar-refractivity contribution is -0.139. The number of carbonyl (C=O) groups excluding carboxylic acids is 1. The van der Waals surface area contributed by atoms with Crippen molar-refractivity contribution in [2.45, 2.75) is 46.5 Å². The Kier molecular flexibility index (Phi) is 5.19. The van der Waals surface area contributed by atoms with Crippen LogP contribution in [0.3, 0.4) is 0 Å². The fraction of sp³-hybridized carbons (Fsp3) is 0.267. The number of phenols is 2. The Morgan fingerprint density at radius 3 is 2.03 bits per heavy atom. The Morgan fingerprint density at radius 1 is 1.00 bits per heavy atom. The van der Waals surface area contributed by atoms with Crippen LogP contribution < -0.4 is 0 Å². The molecule has 3 aromatic rings. The zero-order valence-electron chi connectivity index (χ0n) is 20.6. The van der Waals surface area contributed by atoms with Gasteiger partial charge in [-0.15, -0.1) is 0 Å². The van der Waals surface area contributed by atoms with Gasteiger partial charge in [0.25, 0.3) is 5.70 Å². The Bertz CT molecular complexity index is 1540. The van der Waals surface area contributed by atoms with Crippen LogP contribution in [-0.2, 0) is 19.7 Å². The van der Waals surface area contributed by atoms with Crippen LogP contribution in [0.2, 0.25) is 0 Å². The molecule has 3 aliphatic carbocycles. The highest BCUT2D eigenvalue weighted by atomic mass is 32.2. The summed E-state index contributed by atoms with van der Waals surface area (Å²) in [5.74, 6) is -0.567. The van der Waals surface area contributed by atoms with E-state index in [4.69, 9.17) is 16.0 Å². The molecule has 7 rings (SSSR count). The Morgan fingerprint density at radius 2 is 1.53 bits per heavy atom. The van der Waals surface area contributed by atoms with E-state index in [2.05, 4.69) is 29.1 Å². The maximum atomic E-state index is 12.7. The molecule has 1 aliphatic heterocycles. The molecule has 0 amide bonds. The van der Waals surface area contributed by atoms with Gasteiger partial charge in [0.05, 0.1) is 33.3 Å². The van der Waals surface area contributed by atoms with Gasteiger partial charge in [0.2, 0.25) is 0 Å². The van der Waals surface area contributed by atoms with Crippen LogP contribution in [-0.4, -0.2) is 36.0 Å². The first-order chi connectivity index (χ1) is 18.4. The van der Waals surface area contributed by atoms with E-state index in [9.17, 15) is 15.0 Å². The molecule has 6 nitrogen and oxygen atoms in total. The summed E-state index contributed by atoms with van der Waals surface area (Å²) in [6.07, 6.45) is 0.452. The van der Waals surface area contributed by atoms with Crippen LogP contribution in [0.15, 0.2) is 68.3 Å². The summed E-state index contributed by atoms with van der Waals surface area (Å²) in [6, 6.07) is 16.7. The molecule has 3 unspecified atom stereocenters. The number of thioether (sulfide) groups is 2. The maximum Gasteiger partial charge on any atom is 0.338 e. The molecule has 8 heteroatoms. The summed E-state index contributed by atoms with van der Waals surface area (Å²) < 4.78 is 10.9. The zero-order valence-corrected chi connectivity index (χ0v) is 22.3. The molecular formula is C30H23NO5S2. The van der Waals surface area contributed by atoms with Gasteiger partial charge in [-0.1, -0.05) is 72.1 Å². The van der Waals surface area contributed by atoms with E-state index in [0.29, 0.717) is 20.4 Å². The Balaban J connectivity index is 1.32. The average molecular weight is 542 g/mol. The lowest BCUT2D eigenvalue weighted by Gasteiger charge is -2.58. The molecule has 190 valence electrons. The molecule has 1 spiro atoms. The summed E-state index contributed by atoms with van der Waals surface area (Å²) >= 11 is 2.31. The third-order valence-electron chi connectivity index (χ3n) is 8.41. The number of phenolic OH excluding ortho intramolecular Hbond substituents is 2. The number of hydrogen-bond donors (Lipinski definition) is 2. The number of nitrogens with zero attached hydrogens (tertiary/aromatic N) is 1. The van der Waals surface area contributed by atoms with E-state index in [1.165, 1.54) is 22.3 Å². The van der Waals surface area contributed by atoms with Gasteiger partial charge in [-0.2, -0.15) is 0 Å². The molecule has 0 bridgehead atoms. The lowest BCUT2D eigenvalue weighted by Crippen LogP contribution is -2.52. The van der Waals surface area contributed by atoms with Crippen molar-refractivity contribution < 1.29 is 24.5 Å². The second kappa shape index (κ2) is 8.31. The minimum absolute atomic E-state index is 0.0588. The van der Waals surface area contributed by atoms with Gasteiger partial charge in [0.15, 0.2) is 0 Å². The van der Waals surface area contributed by atoms with E-state index in [-0.39, 0.29) is 47.2 Å². The third kappa shape index (κ3) is 2.76. The number of ether oxygens (including phenoxy) is 2. The molecule has 1 heterocycles. The fourth-order valence-electron chi connectivity index (χ4n) is 6.76. The maximum absolute atomic E-state index is 12.7. The summed E-state index contributed by atoms with van der Waals surface area (Å²) in [4.78, 5) is 17.2. The molecule has 3 atom stereocenters. The van der Waals surface area contributed by atoms with E-state index in [0.717, 1.165) is 34.7 Å². The van der Waals surface area contributed by atoms with Gasteiger partial charge >= 0.3 is 5.97 Å². The van der Waals surface area contributed by atoms with Gasteiger partial charge in [0, 0.05) is 41.9 Å². The van der Waals surface area contributed by atoms with Gasteiger partial charge < -0.3 is 19.7 Å². The molecular weight excluding hydrogens is 518 g/mol. The van der Waals surface area contributed by atoms with E-state index < -0.39 is 5.97 Å². The van der Waals surface area contributed by atoms with E-state index >= 15 is 0 Å². The van der Waals surface area contributed by atoms with Crippen molar-refractivity contribution in [3.05, 3.63) is 103 Å². The number of fused-ring (bicyclic) bond motifs is 8. The van der Waals surface area contributed by atoms with Crippen LogP contribution in [0.4, 0.5) is 0 Å². The van der Waals surface area contributed by atoms with Crippen LogP contribution in [0, 0.1) is 6.57 Å². The van der Waals surface area contributed by atoms with E-state index in [1.54, 1.807) is 7.11 Å². The average Bonchev–Trinajstić information content (AvgIpc) is 3.44. The van der Waals surface area contributed by atoms with Gasteiger partial charge in [0.1, 0.15) is 11.5 Å². The molecule has 0 saturated carbocycles. The van der Waals surface area contributed by atoms with Crippen LogP contribution in [0.1, 0.15) is 58.6 Å². The molecule has 2 N–H and O–H groups in total. The molecule has 0 aromatic heterocycles. The zero-order chi connectivity index (χ0) is 26.3. The van der Waals surface area contributed by atoms with Crippen molar-refractivity contribution in [1.82, 2.24) is 0 Å². The van der Waals surface area contributed by atoms with Crippen molar-refractivity contribution in [3.8, 4) is 11.5 Å². The molecule has 0 saturated heterocycles. The Labute approximate surface area is 228 Å². The second-order valence-corrected chi connectivity index (χ2v) is 12.3. The molecule has 38 heavy (non-hydrogen) atoms. The predicted octanol–water partition coefficient (Wildman–Crippen LogP) is 6.24. The molecule has 3 aromatic carbocycles. The monoisotopic (exact) mass is 541 g/mol. The quantitative estimate of drug-likeness (QED) is 0.171. The van der Waals surface area contributed by atoms with Crippen molar-refractivity contribution in [2.24, 2.45) is 0 Å². The minimum Gasteiger partial charge on any atom is -0.506 e. The summed E-state index contributed by atoms with van der Waals surface area (Å²) in [7, 11) is 1.59. The topological polar surface area (TPSA) is 80.4 Å². The highest BCUT2D eigenvalue weighted by Crippen LogP contribution is 2.80. The van der Waals surface area contributed by atoms with Crippen molar-refractivity contribution >= 4 is 29.5 Å². The fourth-order valence-corrected chi connectivity index (χ4v) is 9.29. The first kappa shape index (κ1) is 23.7. The van der Waals surface area contributed by atoms with Gasteiger partial charge in [-0.3, -0.25) is 4.79 Å². The van der Waals surface area contributed by atoms with Gasteiger partial charge in [-0.05, 0) is 29.2 Å². The highest BCUT2D eigenvalue weighted by molar-refractivity contribution is 8.24. The van der Waals surface area contributed by atoms with Crippen LogP contribution >= 0.6 is 23.5 Å². The summed E-state index contributed by atoms with van der Waals surface area (Å²) in [5, 5.41) is 23.4. The van der Waals surface area contributed by atoms with E-state index in [1.807, 2.05) is 31.2 Å². The van der Waals surface area contributed by atoms with Crippen LogP contribution in [0.25, 0.3) is 4.85 Å². The highest BCUT2D eigenvalue weighted by Gasteiger charge is 2.71. The largest absolute Gasteiger partial charge is 0.506 e. The normalized spacial score (nSPS) is 23.3. The smallest absolute Gasteiger partial charge is 0.338 e. The number of carbonyl (C=O) groups is 1. The molecule has 0 radical (unpaired) electrons. The lowest BCUT2D eigenvalue weighted by atomic mass is 9.43. The summed E-state index contributed by atoms with van der Waals surface area (Å²) in [6.45, 7) is 9.66. The predicted molar refractivity (Wildman–Crippen MR) is 145 cm³/mol. The number of benzene rings is 3. The number of esters is 1. The van der Waals surface area contributed by atoms with Gasteiger partial charge in [-0.25, -0.2) is 4.85 Å². The minimum atomic E-state index is -0.711. The van der Waals surface area contributed by atoms with Crippen molar-refractivity contribution in [2.75, 3.05) is 13.7 Å². The second-order valence-electron chi connectivity index (χ2n) is 10.0. The number of methoxy groups -OCH3 is 1. The number of hydrogen-bond acceptors (Lipinski definition) is 7. The van der Waals surface area contributed by atoms with Crippen molar-refractivity contribution in [1.29, 1.82) is 0 Å². The Hall–Kier alpha value is -3.38. The summed E-state index contributed by atoms with van der Waals surface area (Å²) in [5.41, 5.74) is 5.95. The standard InChI is InChI=1S/C30H23NO5S2/c1-14(35-3)12-13-36-28(34)23(31-2)29-37-26-24(32)19-20(25(33)27(26)38-29)22-16-9-5-7-11-18(16)30(22)17-10-6-4-8-15(17)21(19)30/h4-11,14,21-22,32-33H,12-13H2,1,3H3. The third-order valence-corrected chi connectivity index (χ3v) is 11.0.